The van der Waals surface area contributed by atoms with Crippen LogP contribution in [0.2, 0.25) is 0 Å². The Bertz CT molecular complexity index is 663. The molecular weight excluding hydrogens is 334 g/mol. The van der Waals surface area contributed by atoms with E-state index in [1.165, 1.54) is 0 Å². The van der Waals surface area contributed by atoms with Gasteiger partial charge in [0.1, 0.15) is 11.4 Å². The lowest BCUT2D eigenvalue weighted by atomic mass is 10.0. The van der Waals surface area contributed by atoms with E-state index in [0.717, 1.165) is 17.7 Å². The molecule has 1 aromatic rings. The summed E-state index contributed by atoms with van der Waals surface area (Å²) < 4.78 is 11.0. The Hall–Kier alpha value is -2.44. The van der Waals surface area contributed by atoms with Gasteiger partial charge in [0.15, 0.2) is 0 Å². The van der Waals surface area contributed by atoms with Crippen molar-refractivity contribution >= 4 is 12.1 Å². The zero-order chi connectivity index (χ0) is 18.7. The van der Waals surface area contributed by atoms with Crippen molar-refractivity contribution in [3.63, 3.8) is 0 Å². The Morgan fingerprint density at radius 2 is 1.77 bits per heavy atom. The number of benzene rings is 1. The van der Waals surface area contributed by atoms with Crippen LogP contribution in [-0.2, 0) is 4.74 Å². The van der Waals surface area contributed by atoms with Gasteiger partial charge < -0.3 is 24.6 Å². The fourth-order valence-electron chi connectivity index (χ4n) is 3.15. The molecule has 0 bridgehead atoms. The minimum Gasteiger partial charge on any atom is -0.493 e. The van der Waals surface area contributed by atoms with Crippen molar-refractivity contribution in [1.82, 2.24) is 15.1 Å². The second-order valence-corrected chi connectivity index (χ2v) is 7.63. The SMILES string of the molecule is CC(C)(C)OC(=O)N1CCN(C(=O)N[C@H]2CCOc3ccccc32)CC1. The third-order valence-corrected chi connectivity index (χ3v) is 4.47. The minimum absolute atomic E-state index is 0.0451. The van der Waals surface area contributed by atoms with Crippen LogP contribution < -0.4 is 10.1 Å². The molecule has 0 radical (unpaired) electrons. The fraction of sp³-hybridized carbons (Fsp3) is 0.579. The zero-order valence-corrected chi connectivity index (χ0v) is 15.7. The maximum atomic E-state index is 12.6. The minimum atomic E-state index is -0.512. The summed E-state index contributed by atoms with van der Waals surface area (Å²) in [4.78, 5) is 28.1. The van der Waals surface area contributed by atoms with E-state index in [4.69, 9.17) is 9.47 Å². The first kappa shape index (κ1) is 18.4. The summed E-state index contributed by atoms with van der Waals surface area (Å²) in [5.41, 5.74) is 0.502. The van der Waals surface area contributed by atoms with Crippen LogP contribution in [0.1, 0.15) is 38.8 Å². The molecule has 3 amide bonds. The van der Waals surface area contributed by atoms with Crippen LogP contribution in [0.3, 0.4) is 0 Å². The number of carbonyl (C=O) groups is 2. The lowest BCUT2D eigenvalue weighted by Gasteiger charge is -2.36. The van der Waals surface area contributed by atoms with E-state index in [2.05, 4.69) is 5.32 Å². The maximum Gasteiger partial charge on any atom is 0.410 e. The van der Waals surface area contributed by atoms with Crippen molar-refractivity contribution in [2.24, 2.45) is 0 Å². The molecule has 2 aliphatic rings. The number of hydrogen-bond acceptors (Lipinski definition) is 4. The molecule has 1 fully saturated rings. The number of ether oxygens (including phenoxy) is 2. The molecule has 7 nitrogen and oxygen atoms in total. The van der Waals surface area contributed by atoms with Crippen LogP contribution in [-0.4, -0.2) is 60.3 Å². The molecule has 0 unspecified atom stereocenters. The summed E-state index contributed by atoms with van der Waals surface area (Å²) >= 11 is 0. The van der Waals surface area contributed by atoms with Gasteiger partial charge in [-0.2, -0.15) is 0 Å². The van der Waals surface area contributed by atoms with Gasteiger partial charge >= 0.3 is 12.1 Å². The highest BCUT2D eigenvalue weighted by Crippen LogP contribution is 2.31. The molecule has 26 heavy (non-hydrogen) atoms. The average Bonchev–Trinajstić information content (AvgIpc) is 2.61. The second-order valence-electron chi connectivity index (χ2n) is 7.63. The van der Waals surface area contributed by atoms with E-state index in [9.17, 15) is 9.59 Å². The number of piperazine rings is 1. The molecule has 2 heterocycles. The second kappa shape index (κ2) is 7.43. The largest absolute Gasteiger partial charge is 0.493 e. The predicted molar refractivity (Wildman–Crippen MR) is 97.2 cm³/mol. The van der Waals surface area contributed by atoms with E-state index in [1.807, 2.05) is 45.0 Å². The van der Waals surface area contributed by atoms with Crippen molar-refractivity contribution in [2.75, 3.05) is 32.8 Å². The van der Waals surface area contributed by atoms with Crippen molar-refractivity contribution in [3.05, 3.63) is 29.8 Å². The van der Waals surface area contributed by atoms with Gasteiger partial charge in [-0.15, -0.1) is 0 Å². The molecule has 1 saturated heterocycles. The number of urea groups is 1. The molecule has 0 aromatic heterocycles. The van der Waals surface area contributed by atoms with Crippen LogP contribution in [0.5, 0.6) is 5.75 Å². The normalized spacial score (nSPS) is 20.0. The van der Waals surface area contributed by atoms with Gasteiger partial charge in [-0.1, -0.05) is 18.2 Å². The molecule has 2 aliphatic heterocycles. The van der Waals surface area contributed by atoms with Gasteiger partial charge in [0.2, 0.25) is 0 Å². The summed E-state index contributed by atoms with van der Waals surface area (Å²) in [6.07, 6.45) is 0.427. The van der Waals surface area contributed by atoms with Gasteiger partial charge in [0.05, 0.1) is 12.6 Å². The molecule has 1 N–H and O–H groups in total. The smallest absolute Gasteiger partial charge is 0.410 e. The number of rotatable bonds is 1. The first-order valence-electron chi connectivity index (χ1n) is 9.08. The molecule has 3 rings (SSSR count). The zero-order valence-electron chi connectivity index (χ0n) is 15.7. The van der Waals surface area contributed by atoms with Gasteiger partial charge in [0, 0.05) is 38.2 Å². The third kappa shape index (κ3) is 4.39. The van der Waals surface area contributed by atoms with Crippen molar-refractivity contribution < 1.29 is 19.1 Å². The van der Waals surface area contributed by atoms with Crippen LogP contribution >= 0.6 is 0 Å². The van der Waals surface area contributed by atoms with E-state index in [-0.39, 0.29) is 18.2 Å². The lowest BCUT2D eigenvalue weighted by Crippen LogP contribution is -2.54. The lowest BCUT2D eigenvalue weighted by molar-refractivity contribution is 0.0168. The fourth-order valence-corrected chi connectivity index (χ4v) is 3.15. The maximum absolute atomic E-state index is 12.6. The highest BCUT2D eigenvalue weighted by atomic mass is 16.6. The highest BCUT2D eigenvalue weighted by Gasteiger charge is 2.29. The summed E-state index contributed by atoms with van der Waals surface area (Å²) in [6.45, 7) is 8.08. The molecule has 1 aromatic carbocycles. The summed E-state index contributed by atoms with van der Waals surface area (Å²) in [6, 6.07) is 7.64. The van der Waals surface area contributed by atoms with Crippen LogP contribution in [0.4, 0.5) is 9.59 Å². The van der Waals surface area contributed by atoms with Crippen molar-refractivity contribution in [1.29, 1.82) is 0 Å². The van der Waals surface area contributed by atoms with Gasteiger partial charge in [-0.05, 0) is 26.8 Å². The van der Waals surface area contributed by atoms with Gasteiger partial charge in [0.25, 0.3) is 0 Å². The Morgan fingerprint density at radius 1 is 1.12 bits per heavy atom. The molecule has 142 valence electrons. The Labute approximate surface area is 154 Å². The van der Waals surface area contributed by atoms with Crippen molar-refractivity contribution in [3.8, 4) is 5.75 Å². The molecule has 7 heteroatoms. The molecule has 0 saturated carbocycles. The summed E-state index contributed by atoms with van der Waals surface area (Å²) in [5, 5.41) is 3.10. The van der Waals surface area contributed by atoms with E-state index in [1.54, 1.807) is 9.80 Å². The van der Waals surface area contributed by atoms with Gasteiger partial charge in [-0.3, -0.25) is 0 Å². The van der Waals surface area contributed by atoms with Crippen LogP contribution in [0.15, 0.2) is 24.3 Å². The average molecular weight is 361 g/mol. The Balaban J connectivity index is 1.53. The quantitative estimate of drug-likeness (QED) is 0.835. The standard InChI is InChI=1S/C19H27N3O4/c1-19(2,3)26-18(24)22-11-9-21(10-12-22)17(23)20-15-8-13-25-16-7-5-4-6-14(15)16/h4-7,15H,8-13H2,1-3H3,(H,20,23)/t15-/m0/s1. The number of carbonyl (C=O) groups excluding carboxylic acids is 2. The van der Waals surface area contributed by atoms with Crippen molar-refractivity contribution in [2.45, 2.75) is 38.8 Å². The number of nitrogens with zero attached hydrogens (tertiary/aromatic N) is 2. The van der Waals surface area contributed by atoms with E-state index in [0.29, 0.717) is 32.8 Å². The Morgan fingerprint density at radius 3 is 2.46 bits per heavy atom. The van der Waals surface area contributed by atoms with E-state index < -0.39 is 5.60 Å². The number of amides is 3. The number of para-hydroxylation sites is 1. The van der Waals surface area contributed by atoms with Crippen LogP contribution in [0.25, 0.3) is 0 Å². The Kier molecular flexibility index (Phi) is 5.25. The molecular formula is C19H27N3O4. The highest BCUT2D eigenvalue weighted by molar-refractivity contribution is 5.75. The van der Waals surface area contributed by atoms with Gasteiger partial charge in [-0.25, -0.2) is 9.59 Å². The first-order valence-corrected chi connectivity index (χ1v) is 9.08. The third-order valence-electron chi connectivity index (χ3n) is 4.47. The number of fused-ring (bicyclic) bond motifs is 1. The van der Waals surface area contributed by atoms with Crippen LogP contribution in [0, 0.1) is 0 Å². The molecule has 0 aliphatic carbocycles. The number of hydrogen-bond donors (Lipinski definition) is 1. The van der Waals surface area contributed by atoms with E-state index >= 15 is 0 Å². The molecule has 1 atom stereocenters. The molecule has 0 spiro atoms. The topological polar surface area (TPSA) is 71.1 Å². The summed E-state index contributed by atoms with van der Waals surface area (Å²) in [7, 11) is 0. The monoisotopic (exact) mass is 361 g/mol. The summed E-state index contributed by atoms with van der Waals surface area (Å²) in [5.74, 6) is 0.832. The first-order chi connectivity index (χ1) is 12.3. The number of nitrogens with one attached hydrogen (secondary N) is 1. The predicted octanol–water partition coefficient (Wildman–Crippen LogP) is 2.77.